The van der Waals surface area contributed by atoms with Crippen LogP contribution in [0.3, 0.4) is 0 Å². The molecule has 1 heterocycles. The molecule has 108 valence electrons. The molecule has 1 aromatic heterocycles. The summed E-state index contributed by atoms with van der Waals surface area (Å²) in [5, 5.41) is 9.47. The number of rotatable bonds is 3. The third-order valence-electron chi connectivity index (χ3n) is 3.26. The largest absolute Gasteiger partial charge is 0.496 e. The van der Waals surface area contributed by atoms with Gasteiger partial charge in [-0.2, -0.15) is 5.26 Å². The minimum atomic E-state index is 0.451. The molecule has 0 spiro atoms. The van der Waals surface area contributed by atoms with Gasteiger partial charge in [-0.05, 0) is 36.4 Å². The van der Waals surface area contributed by atoms with Gasteiger partial charge in [0.2, 0.25) is 0 Å². The average molecular weight is 354 g/mol. The number of ether oxygens (including phenoxy) is 1. The van der Waals surface area contributed by atoms with Gasteiger partial charge in [0.1, 0.15) is 17.6 Å². The van der Waals surface area contributed by atoms with Gasteiger partial charge in [-0.1, -0.05) is 28.1 Å². The first-order valence-corrected chi connectivity index (χ1v) is 7.41. The molecular formula is C17H12BrN3O. The summed E-state index contributed by atoms with van der Waals surface area (Å²) in [5.41, 5.74) is 3.00. The van der Waals surface area contributed by atoms with E-state index in [1.54, 1.807) is 13.2 Å². The molecule has 0 aliphatic heterocycles. The first-order valence-electron chi connectivity index (χ1n) is 6.61. The quantitative estimate of drug-likeness (QED) is 0.709. The molecule has 0 amide bonds. The fourth-order valence-corrected chi connectivity index (χ4v) is 2.59. The van der Waals surface area contributed by atoms with Crippen LogP contribution in [0.15, 0.2) is 46.9 Å². The molecule has 3 aromatic rings. The second-order valence-electron chi connectivity index (χ2n) is 4.66. The number of methoxy groups -OCH3 is 1. The number of hydrogen-bond donors (Lipinski definition) is 1. The average Bonchev–Trinajstić information content (AvgIpc) is 2.96. The molecule has 5 heteroatoms. The Morgan fingerprint density at radius 1 is 1.32 bits per heavy atom. The Morgan fingerprint density at radius 3 is 2.86 bits per heavy atom. The lowest BCUT2D eigenvalue weighted by Gasteiger charge is -2.05. The van der Waals surface area contributed by atoms with Crippen LogP contribution in [0, 0.1) is 11.3 Å². The van der Waals surface area contributed by atoms with Crippen LogP contribution < -0.4 is 4.74 Å². The first kappa shape index (κ1) is 14.4. The lowest BCUT2D eigenvalue weighted by molar-refractivity contribution is 0.414. The molecule has 4 nitrogen and oxygen atoms in total. The summed E-state index contributed by atoms with van der Waals surface area (Å²) in [7, 11) is 1.60. The monoisotopic (exact) mass is 353 g/mol. The fourth-order valence-electron chi connectivity index (χ4n) is 2.21. The van der Waals surface area contributed by atoms with E-state index in [2.05, 4.69) is 32.0 Å². The van der Waals surface area contributed by atoms with Crippen LogP contribution in [0.25, 0.3) is 22.7 Å². The van der Waals surface area contributed by atoms with Gasteiger partial charge in [-0.25, -0.2) is 4.98 Å². The topological polar surface area (TPSA) is 61.7 Å². The van der Waals surface area contributed by atoms with Crippen LogP contribution in [-0.2, 0) is 0 Å². The maximum absolute atomic E-state index is 9.47. The molecule has 0 radical (unpaired) electrons. The summed E-state index contributed by atoms with van der Waals surface area (Å²) in [6.45, 7) is 0. The molecular weight excluding hydrogens is 342 g/mol. The summed E-state index contributed by atoms with van der Waals surface area (Å²) in [4.78, 5) is 7.62. The maximum atomic E-state index is 9.47. The Morgan fingerprint density at radius 2 is 2.14 bits per heavy atom. The second-order valence-corrected chi connectivity index (χ2v) is 5.57. The highest BCUT2D eigenvalue weighted by Gasteiger charge is 2.09. The minimum Gasteiger partial charge on any atom is -0.496 e. The molecule has 0 unspecified atom stereocenters. The van der Waals surface area contributed by atoms with Gasteiger partial charge < -0.3 is 9.72 Å². The van der Waals surface area contributed by atoms with E-state index < -0.39 is 0 Å². The molecule has 2 aromatic carbocycles. The minimum absolute atomic E-state index is 0.451. The molecule has 0 saturated carbocycles. The molecule has 0 aliphatic carbocycles. The Labute approximate surface area is 136 Å². The predicted octanol–water partition coefficient (Wildman–Crippen LogP) is 4.40. The van der Waals surface area contributed by atoms with E-state index in [9.17, 15) is 5.26 Å². The number of halogens is 1. The smallest absolute Gasteiger partial charge is 0.149 e. The Hall–Kier alpha value is -2.58. The number of fused-ring (bicyclic) bond motifs is 1. The molecule has 0 fully saturated rings. The fraction of sp³-hybridized carbons (Fsp3) is 0.0588. The maximum Gasteiger partial charge on any atom is 0.149 e. The molecule has 3 rings (SSSR count). The highest BCUT2D eigenvalue weighted by molar-refractivity contribution is 9.10. The van der Waals surface area contributed by atoms with Crippen molar-refractivity contribution in [2.45, 2.75) is 0 Å². The number of nitriles is 1. The summed E-state index contributed by atoms with van der Waals surface area (Å²) < 4.78 is 6.25. The summed E-state index contributed by atoms with van der Waals surface area (Å²) in [6.07, 6.45) is 1.77. The van der Waals surface area contributed by atoms with Crippen LogP contribution >= 0.6 is 15.9 Å². The molecule has 22 heavy (non-hydrogen) atoms. The molecule has 0 saturated heterocycles. The van der Waals surface area contributed by atoms with E-state index in [0.717, 1.165) is 21.1 Å². The van der Waals surface area contributed by atoms with Crippen molar-refractivity contribution in [2.75, 3.05) is 7.11 Å². The van der Waals surface area contributed by atoms with Crippen LogP contribution in [0.2, 0.25) is 0 Å². The van der Waals surface area contributed by atoms with E-state index in [0.29, 0.717) is 17.1 Å². The van der Waals surface area contributed by atoms with E-state index in [-0.39, 0.29) is 0 Å². The Balaban J connectivity index is 2.11. The lowest BCUT2D eigenvalue weighted by Crippen LogP contribution is -1.89. The standard InChI is InChI=1S/C17H12BrN3O/c1-22-16-7-6-13(18)9-11(16)8-12(10-19)17-20-14-4-2-3-5-15(14)21-17/h2-9H,1H3,(H,20,21). The summed E-state index contributed by atoms with van der Waals surface area (Å²) in [5.74, 6) is 1.25. The van der Waals surface area contributed by atoms with Crippen LogP contribution in [0.1, 0.15) is 11.4 Å². The molecule has 0 aliphatic rings. The number of benzene rings is 2. The van der Waals surface area contributed by atoms with Gasteiger partial charge in [0.05, 0.1) is 23.7 Å². The highest BCUT2D eigenvalue weighted by atomic mass is 79.9. The van der Waals surface area contributed by atoms with Crippen molar-refractivity contribution in [2.24, 2.45) is 0 Å². The summed E-state index contributed by atoms with van der Waals surface area (Å²) >= 11 is 3.43. The number of allylic oxidation sites excluding steroid dienone is 1. The number of nitrogens with zero attached hydrogens (tertiary/aromatic N) is 2. The number of nitrogens with one attached hydrogen (secondary N) is 1. The first-order chi connectivity index (χ1) is 10.7. The van der Waals surface area contributed by atoms with Crippen molar-refractivity contribution in [3.63, 3.8) is 0 Å². The number of imidazole rings is 1. The van der Waals surface area contributed by atoms with Crippen molar-refractivity contribution in [1.82, 2.24) is 9.97 Å². The SMILES string of the molecule is COc1ccc(Br)cc1C=C(C#N)c1nc2ccccc2[nH]1. The molecule has 0 atom stereocenters. The van der Waals surface area contributed by atoms with Gasteiger partial charge in [-0.15, -0.1) is 0 Å². The van der Waals surface area contributed by atoms with E-state index in [1.165, 1.54) is 0 Å². The predicted molar refractivity (Wildman–Crippen MR) is 90.3 cm³/mol. The number of H-pyrrole nitrogens is 1. The summed E-state index contributed by atoms with van der Waals surface area (Å²) in [6, 6.07) is 15.5. The van der Waals surface area contributed by atoms with Gasteiger partial charge in [-0.3, -0.25) is 0 Å². The van der Waals surface area contributed by atoms with Crippen LogP contribution in [-0.4, -0.2) is 17.1 Å². The van der Waals surface area contributed by atoms with Crippen LogP contribution in [0.5, 0.6) is 5.75 Å². The number of aromatic amines is 1. The van der Waals surface area contributed by atoms with Crippen molar-refractivity contribution in [1.29, 1.82) is 5.26 Å². The normalized spacial score (nSPS) is 11.4. The van der Waals surface area contributed by atoms with Crippen molar-refractivity contribution < 1.29 is 4.74 Å². The van der Waals surface area contributed by atoms with Crippen molar-refractivity contribution in [3.8, 4) is 11.8 Å². The number of para-hydroxylation sites is 2. The zero-order valence-electron chi connectivity index (χ0n) is 11.8. The zero-order valence-corrected chi connectivity index (χ0v) is 13.4. The van der Waals surface area contributed by atoms with Crippen molar-refractivity contribution in [3.05, 3.63) is 58.3 Å². The van der Waals surface area contributed by atoms with E-state index in [1.807, 2.05) is 42.5 Å². The second kappa shape index (κ2) is 6.04. The van der Waals surface area contributed by atoms with Gasteiger partial charge in [0.15, 0.2) is 0 Å². The van der Waals surface area contributed by atoms with Gasteiger partial charge >= 0.3 is 0 Å². The van der Waals surface area contributed by atoms with Crippen molar-refractivity contribution >= 4 is 38.6 Å². The zero-order chi connectivity index (χ0) is 15.5. The van der Waals surface area contributed by atoms with E-state index in [4.69, 9.17) is 4.74 Å². The van der Waals surface area contributed by atoms with Gasteiger partial charge in [0.25, 0.3) is 0 Å². The highest BCUT2D eigenvalue weighted by Crippen LogP contribution is 2.27. The molecule has 0 bridgehead atoms. The van der Waals surface area contributed by atoms with Gasteiger partial charge in [0, 0.05) is 10.0 Å². The molecule has 1 N–H and O–H groups in total. The van der Waals surface area contributed by atoms with Crippen LogP contribution in [0.4, 0.5) is 0 Å². The third kappa shape index (κ3) is 2.74. The third-order valence-corrected chi connectivity index (χ3v) is 3.75. The van der Waals surface area contributed by atoms with E-state index >= 15 is 0 Å². The Kier molecular flexibility index (Phi) is 3.94. The number of aromatic nitrogens is 2. The Bertz CT molecular complexity index is 873. The lowest BCUT2D eigenvalue weighted by atomic mass is 10.1. The number of hydrogen-bond acceptors (Lipinski definition) is 3.